The van der Waals surface area contributed by atoms with Gasteiger partial charge in [0, 0.05) is 25.2 Å². The van der Waals surface area contributed by atoms with Crippen LogP contribution in [0.2, 0.25) is 0 Å². The zero-order valence-corrected chi connectivity index (χ0v) is 20.1. The van der Waals surface area contributed by atoms with Gasteiger partial charge in [0.15, 0.2) is 0 Å². The Morgan fingerprint density at radius 3 is 2.32 bits per heavy atom. The number of carbonyl (C=O) groups is 3. The van der Waals surface area contributed by atoms with Gasteiger partial charge in [-0.25, -0.2) is 0 Å². The fourth-order valence-electron chi connectivity index (χ4n) is 4.97. The molecule has 1 N–H and O–H groups in total. The summed E-state index contributed by atoms with van der Waals surface area (Å²) in [6.07, 6.45) is 4.62. The van der Waals surface area contributed by atoms with Crippen molar-refractivity contribution in [2.45, 2.75) is 45.6 Å². The first-order chi connectivity index (χ1) is 16.4. The van der Waals surface area contributed by atoms with E-state index in [2.05, 4.69) is 27.3 Å². The highest BCUT2D eigenvalue weighted by atomic mass is 16.2. The molecule has 0 unspecified atom stereocenters. The van der Waals surface area contributed by atoms with Crippen molar-refractivity contribution in [3.05, 3.63) is 66.0 Å². The molecule has 0 aliphatic carbocycles. The van der Waals surface area contributed by atoms with Gasteiger partial charge in [-0.3, -0.25) is 24.3 Å². The molecule has 1 atom stereocenters. The van der Waals surface area contributed by atoms with E-state index in [1.54, 1.807) is 24.4 Å². The van der Waals surface area contributed by atoms with Crippen LogP contribution in [0, 0.1) is 11.3 Å². The Morgan fingerprint density at radius 2 is 1.68 bits per heavy atom. The molecule has 2 aliphatic rings. The predicted octanol–water partition coefficient (Wildman–Crippen LogP) is 3.44. The number of aromatic nitrogens is 1. The second kappa shape index (κ2) is 10.5. The van der Waals surface area contributed by atoms with Crippen molar-refractivity contribution in [2.24, 2.45) is 11.3 Å². The Bertz CT molecular complexity index is 1000. The molecule has 2 aromatic rings. The van der Waals surface area contributed by atoms with E-state index < -0.39 is 5.41 Å². The molecule has 7 heteroatoms. The summed E-state index contributed by atoms with van der Waals surface area (Å²) in [6, 6.07) is 15.2. The number of rotatable bonds is 7. The van der Waals surface area contributed by atoms with E-state index >= 15 is 0 Å². The minimum Gasteiger partial charge on any atom is -0.349 e. The van der Waals surface area contributed by atoms with Crippen LogP contribution in [0.25, 0.3) is 0 Å². The lowest BCUT2D eigenvalue weighted by molar-refractivity contribution is -0.136. The van der Waals surface area contributed by atoms with Gasteiger partial charge in [-0.1, -0.05) is 50.2 Å². The quantitative estimate of drug-likeness (QED) is 0.638. The van der Waals surface area contributed by atoms with Crippen LogP contribution >= 0.6 is 0 Å². The summed E-state index contributed by atoms with van der Waals surface area (Å²) in [5.74, 6) is -0.350. The zero-order chi connectivity index (χ0) is 24.1. The second-order valence-electron chi connectivity index (χ2n) is 9.76. The van der Waals surface area contributed by atoms with E-state index in [4.69, 9.17) is 0 Å². The number of carbonyl (C=O) groups excluding carboxylic acids is 3. The molecule has 180 valence electrons. The largest absolute Gasteiger partial charge is 0.349 e. The summed E-state index contributed by atoms with van der Waals surface area (Å²) in [5.41, 5.74) is 0.992. The molecule has 1 spiro atoms. The summed E-state index contributed by atoms with van der Waals surface area (Å²) >= 11 is 0. The number of nitrogens with zero attached hydrogens (tertiary/aromatic N) is 3. The average molecular weight is 463 g/mol. The monoisotopic (exact) mass is 462 g/mol. The van der Waals surface area contributed by atoms with E-state index in [0.29, 0.717) is 12.2 Å². The third kappa shape index (κ3) is 5.20. The number of benzene rings is 1. The highest BCUT2D eigenvalue weighted by molar-refractivity contribution is 6.06. The highest BCUT2D eigenvalue weighted by Crippen LogP contribution is 2.42. The number of amides is 3. The molecule has 2 fully saturated rings. The number of hydrogen-bond donors (Lipinski definition) is 1. The Morgan fingerprint density at radius 1 is 1.00 bits per heavy atom. The first kappa shape index (κ1) is 24.1. The first-order valence-electron chi connectivity index (χ1n) is 12.2. The Labute approximate surface area is 201 Å². The fraction of sp³-hybridized carbons (Fsp3) is 0.481. The van der Waals surface area contributed by atoms with Crippen LogP contribution in [0.5, 0.6) is 0 Å². The van der Waals surface area contributed by atoms with Crippen molar-refractivity contribution < 1.29 is 14.4 Å². The van der Waals surface area contributed by atoms with Gasteiger partial charge >= 0.3 is 0 Å². The van der Waals surface area contributed by atoms with Crippen LogP contribution in [0.4, 0.5) is 0 Å². The molecule has 7 nitrogen and oxygen atoms in total. The fourth-order valence-corrected chi connectivity index (χ4v) is 4.97. The molecule has 4 rings (SSSR count). The van der Waals surface area contributed by atoms with E-state index in [1.807, 2.05) is 32.0 Å². The Balaban J connectivity index is 1.34. The molecule has 2 saturated heterocycles. The topological polar surface area (TPSA) is 82.6 Å². The minimum absolute atomic E-state index is 0.0356. The molecule has 1 aromatic carbocycles. The van der Waals surface area contributed by atoms with Gasteiger partial charge in [0.2, 0.25) is 11.8 Å². The van der Waals surface area contributed by atoms with Crippen LogP contribution in [0.15, 0.2) is 54.7 Å². The van der Waals surface area contributed by atoms with Crippen molar-refractivity contribution in [1.29, 1.82) is 0 Å². The lowest BCUT2D eigenvalue weighted by atomic mass is 9.77. The normalized spacial score (nSPS) is 18.9. The maximum Gasteiger partial charge on any atom is 0.279 e. The summed E-state index contributed by atoms with van der Waals surface area (Å²) in [7, 11) is 0. The van der Waals surface area contributed by atoms with Gasteiger partial charge in [-0.15, -0.1) is 0 Å². The number of nitrogens with one attached hydrogen (secondary N) is 1. The Kier molecular flexibility index (Phi) is 7.41. The molecule has 3 heterocycles. The van der Waals surface area contributed by atoms with Crippen molar-refractivity contribution in [1.82, 2.24) is 20.1 Å². The lowest BCUT2D eigenvalue weighted by Gasteiger charge is -2.38. The third-order valence-corrected chi connectivity index (χ3v) is 7.23. The van der Waals surface area contributed by atoms with Gasteiger partial charge in [0.25, 0.3) is 5.91 Å². The molecule has 0 bridgehead atoms. The molecule has 1 aromatic heterocycles. The molecule has 2 aliphatic heterocycles. The minimum atomic E-state index is -0.439. The summed E-state index contributed by atoms with van der Waals surface area (Å²) in [4.78, 5) is 46.3. The van der Waals surface area contributed by atoms with Crippen LogP contribution in [-0.2, 0) is 9.59 Å². The highest BCUT2D eigenvalue weighted by Gasteiger charge is 2.50. The molecular weight excluding hydrogens is 428 g/mol. The van der Waals surface area contributed by atoms with Crippen LogP contribution in [-0.4, -0.2) is 58.7 Å². The smallest absolute Gasteiger partial charge is 0.279 e. The van der Waals surface area contributed by atoms with E-state index in [-0.39, 0.29) is 29.7 Å². The number of hydrogen-bond acceptors (Lipinski definition) is 5. The van der Waals surface area contributed by atoms with Crippen molar-refractivity contribution >= 4 is 17.7 Å². The molecule has 0 radical (unpaired) electrons. The lowest BCUT2D eigenvalue weighted by Crippen LogP contribution is -2.46. The van der Waals surface area contributed by atoms with Crippen molar-refractivity contribution in [3.8, 4) is 0 Å². The van der Waals surface area contributed by atoms with E-state index in [0.717, 1.165) is 50.9 Å². The standard InChI is InChI=1S/C27H34N4O3/c1-20(2)24(32)29-22(21-8-4-3-5-9-21)11-16-30-17-12-27(13-18-30)14-19-31(26(27)34)25(33)23-10-6-7-15-28-23/h3-10,15,20,22H,11-14,16-19H2,1-2H3,(H,29,32)/t22-/m0/s1. The number of pyridine rings is 1. The van der Waals surface area contributed by atoms with Gasteiger partial charge in [0.1, 0.15) is 5.69 Å². The first-order valence-corrected chi connectivity index (χ1v) is 12.2. The zero-order valence-electron chi connectivity index (χ0n) is 20.1. The SMILES string of the molecule is CC(C)C(=O)N[C@@H](CCN1CCC2(CC1)CCN(C(=O)c1ccccn1)C2=O)c1ccccc1. The molecule has 34 heavy (non-hydrogen) atoms. The third-order valence-electron chi connectivity index (χ3n) is 7.23. The number of imide groups is 1. The van der Waals surface area contributed by atoms with Gasteiger partial charge in [0.05, 0.1) is 11.5 Å². The molecular formula is C27H34N4O3. The van der Waals surface area contributed by atoms with Gasteiger partial charge in [-0.2, -0.15) is 0 Å². The van der Waals surface area contributed by atoms with Crippen LogP contribution in [0.3, 0.4) is 0 Å². The predicted molar refractivity (Wildman–Crippen MR) is 130 cm³/mol. The number of likely N-dealkylation sites (tertiary alicyclic amines) is 2. The molecule has 3 amide bonds. The van der Waals surface area contributed by atoms with Crippen LogP contribution < -0.4 is 5.32 Å². The van der Waals surface area contributed by atoms with Gasteiger partial charge in [-0.05, 0) is 56.5 Å². The number of piperidine rings is 1. The second-order valence-corrected chi connectivity index (χ2v) is 9.76. The summed E-state index contributed by atoms with van der Waals surface area (Å²) in [5, 5.41) is 3.19. The van der Waals surface area contributed by atoms with Gasteiger partial charge < -0.3 is 10.2 Å². The van der Waals surface area contributed by atoms with Crippen molar-refractivity contribution in [3.63, 3.8) is 0 Å². The summed E-state index contributed by atoms with van der Waals surface area (Å²) in [6.45, 7) is 6.75. The van der Waals surface area contributed by atoms with Crippen molar-refractivity contribution in [2.75, 3.05) is 26.2 Å². The average Bonchev–Trinajstić information content (AvgIpc) is 3.18. The van der Waals surface area contributed by atoms with E-state index in [9.17, 15) is 14.4 Å². The Hall–Kier alpha value is -3.06. The maximum absolute atomic E-state index is 13.3. The van der Waals surface area contributed by atoms with Crippen LogP contribution in [0.1, 0.15) is 61.6 Å². The molecule has 0 saturated carbocycles. The maximum atomic E-state index is 13.3. The van der Waals surface area contributed by atoms with E-state index in [1.165, 1.54) is 4.90 Å². The summed E-state index contributed by atoms with van der Waals surface area (Å²) < 4.78 is 0.